The fourth-order valence-electron chi connectivity index (χ4n) is 4.43. The summed E-state index contributed by atoms with van der Waals surface area (Å²) in [5.74, 6) is 0.282. The normalized spacial score (nSPS) is 14.9. The predicted molar refractivity (Wildman–Crippen MR) is 152 cm³/mol. The van der Waals surface area contributed by atoms with Crippen molar-refractivity contribution in [2.24, 2.45) is 5.10 Å². The van der Waals surface area contributed by atoms with Gasteiger partial charge in [-0.05, 0) is 61.4 Å². The van der Waals surface area contributed by atoms with Gasteiger partial charge in [0.1, 0.15) is 11.3 Å². The molecule has 7 nitrogen and oxygen atoms in total. The van der Waals surface area contributed by atoms with E-state index in [1.54, 1.807) is 25.1 Å². The quantitative estimate of drug-likeness (QED) is 0.0983. The van der Waals surface area contributed by atoms with E-state index in [0.717, 1.165) is 34.1 Å². The Morgan fingerprint density at radius 2 is 1.87 bits per heavy atom. The molecule has 0 saturated carbocycles. The van der Waals surface area contributed by atoms with Gasteiger partial charge in [-0.2, -0.15) is 5.10 Å². The van der Waals surface area contributed by atoms with E-state index in [4.69, 9.17) is 19.0 Å². The van der Waals surface area contributed by atoms with Gasteiger partial charge in [-0.3, -0.25) is 5.01 Å². The second kappa shape index (κ2) is 11.6. The highest BCUT2D eigenvalue weighted by atomic mass is 79.9. The summed E-state index contributed by atoms with van der Waals surface area (Å²) in [4.78, 5) is 25.4. The summed E-state index contributed by atoms with van der Waals surface area (Å²) < 4.78 is 16.6. The lowest BCUT2D eigenvalue weighted by molar-refractivity contribution is 0.0526. The van der Waals surface area contributed by atoms with Gasteiger partial charge in [-0.15, -0.1) is 0 Å². The summed E-state index contributed by atoms with van der Waals surface area (Å²) in [5.41, 5.74) is 3.62. The number of alkyl halides is 1. The Hall–Kier alpha value is -3.91. The fraction of sp³-hybridized carbons (Fsp3) is 0.233. The summed E-state index contributed by atoms with van der Waals surface area (Å²) in [6, 6.07) is 24.0. The minimum atomic E-state index is -0.419. The minimum Gasteiger partial charge on any atom is -0.493 e. The molecule has 1 unspecified atom stereocenters. The molecule has 0 N–H and O–H groups in total. The van der Waals surface area contributed by atoms with Crippen molar-refractivity contribution >= 4 is 44.3 Å². The van der Waals surface area contributed by atoms with Gasteiger partial charge in [0.15, 0.2) is 0 Å². The number of ether oxygens (including phenoxy) is 2. The summed E-state index contributed by atoms with van der Waals surface area (Å²) >= 11 is 3.40. The van der Waals surface area contributed by atoms with Crippen LogP contribution in [-0.4, -0.2) is 30.2 Å². The van der Waals surface area contributed by atoms with Crippen LogP contribution in [0, 0.1) is 0 Å². The predicted octanol–water partition coefficient (Wildman–Crippen LogP) is 6.49. The molecular formula is C30H27BrN2O5. The smallest absolute Gasteiger partial charge is 0.341 e. The second-order valence-electron chi connectivity index (χ2n) is 8.82. The molecular weight excluding hydrogens is 548 g/mol. The Labute approximate surface area is 228 Å². The van der Waals surface area contributed by atoms with Crippen LogP contribution in [0.1, 0.15) is 47.3 Å². The van der Waals surface area contributed by atoms with Crippen LogP contribution in [0.4, 0.5) is 5.69 Å². The zero-order chi connectivity index (χ0) is 26.5. The Kier molecular flexibility index (Phi) is 7.89. The highest BCUT2D eigenvalue weighted by molar-refractivity contribution is 9.09. The lowest BCUT2D eigenvalue weighted by atomic mass is 9.98. The first-order valence-corrected chi connectivity index (χ1v) is 13.7. The van der Waals surface area contributed by atoms with Crippen LogP contribution >= 0.6 is 15.9 Å². The number of nitrogens with zero attached hydrogens (tertiary/aromatic N) is 2. The largest absolute Gasteiger partial charge is 0.493 e. The van der Waals surface area contributed by atoms with Gasteiger partial charge in [0.2, 0.25) is 0 Å². The second-order valence-corrected chi connectivity index (χ2v) is 9.62. The third kappa shape index (κ3) is 5.50. The maximum atomic E-state index is 13.3. The molecule has 194 valence electrons. The number of fused-ring (bicyclic) bond motifs is 1. The molecule has 8 heteroatoms. The number of benzene rings is 3. The van der Waals surface area contributed by atoms with Crippen molar-refractivity contribution in [3.05, 3.63) is 106 Å². The molecule has 1 atom stereocenters. The highest BCUT2D eigenvalue weighted by Crippen LogP contribution is 2.36. The third-order valence-electron chi connectivity index (χ3n) is 6.30. The van der Waals surface area contributed by atoms with Gasteiger partial charge in [0.05, 0.1) is 41.8 Å². The van der Waals surface area contributed by atoms with Gasteiger partial charge in [-0.1, -0.05) is 46.3 Å². The lowest BCUT2D eigenvalue weighted by Gasteiger charge is -2.23. The van der Waals surface area contributed by atoms with Crippen LogP contribution in [0.25, 0.3) is 11.0 Å². The van der Waals surface area contributed by atoms with Crippen LogP contribution in [0.3, 0.4) is 0 Å². The first-order chi connectivity index (χ1) is 18.6. The molecule has 0 radical (unpaired) electrons. The first kappa shape index (κ1) is 25.7. The third-order valence-corrected chi connectivity index (χ3v) is 6.86. The number of hydrazone groups is 1. The zero-order valence-corrected chi connectivity index (χ0v) is 22.5. The molecule has 5 rings (SSSR count). The number of carbonyl (C=O) groups is 1. The van der Waals surface area contributed by atoms with Gasteiger partial charge >= 0.3 is 11.6 Å². The van der Waals surface area contributed by atoms with Gasteiger partial charge in [-0.25, -0.2) is 9.59 Å². The number of hydrogen-bond acceptors (Lipinski definition) is 7. The molecule has 2 heterocycles. The van der Waals surface area contributed by atoms with Gasteiger partial charge in [0, 0.05) is 23.2 Å². The molecule has 0 bridgehead atoms. The molecule has 4 aromatic rings. The van der Waals surface area contributed by atoms with E-state index in [0.29, 0.717) is 42.1 Å². The van der Waals surface area contributed by atoms with Crippen molar-refractivity contribution in [1.29, 1.82) is 0 Å². The summed E-state index contributed by atoms with van der Waals surface area (Å²) in [5, 5.41) is 8.39. The molecule has 1 aliphatic heterocycles. The van der Waals surface area contributed by atoms with Crippen LogP contribution in [0.15, 0.2) is 93.2 Å². The average molecular weight is 575 g/mol. The van der Waals surface area contributed by atoms with Crippen molar-refractivity contribution in [2.45, 2.75) is 25.8 Å². The van der Waals surface area contributed by atoms with Crippen LogP contribution < -0.4 is 15.4 Å². The summed E-state index contributed by atoms with van der Waals surface area (Å²) in [6.07, 6.45) is 1.40. The van der Waals surface area contributed by atoms with E-state index >= 15 is 0 Å². The van der Waals surface area contributed by atoms with E-state index in [1.807, 2.05) is 65.7 Å². The summed E-state index contributed by atoms with van der Waals surface area (Å²) in [7, 11) is 0. The molecule has 1 aliphatic rings. The number of anilines is 1. The molecule has 0 amide bonds. The molecule has 0 spiro atoms. The standard InChI is InChI=1S/C30H27BrN2O5/c1-2-36-29(34)21-9-12-23(13-10-21)33-27(19-26(32-33)20-7-4-3-5-8-20)25-17-22-11-14-24(37-16-6-15-31)18-28(22)38-30(25)35/h3-5,7-14,17-18,27H,2,6,15-16,19H2,1H3. The van der Waals surface area contributed by atoms with Crippen molar-refractivity contribution < 1.29 is 18.7 Å². The van der Waals surface area contributed by atoms with Crippen LogP contribution in [0.5, 0.6) is 5.75 Å². The SMILES string of the molecule is CCOC(=O)c1ccc(N2N=C(c3ccccc3)CC2c2cc3ccc(OCCCBr)cc3oc2=O)cc1. The number of rotatable bonds is 9. The van der Waals surface area contributed by atoms with Crippen molar-refractivity contribution in [3.8, 4) is 5.75 Å². The maximum absolute atomic E-state index is 13.3. The van der Waals surface area contributed by atoms with Gasteiger partial charge < -0.3 is 13.9 Å². The molecule has 38 heavy (non-hydrogen) atoms. The molecule has 1 aromatic heterocycles. The zero-order valence-electron chi connectivity index (χ0n) is 20.9. The fourth-order valence-corrected chi connectivity index (χ4v) is 4.66. The maximum Gasteiger partial charge on any atom is 0.341 e. The van der Waals surface area contributed by atoms with E-state index in [9.17, 15) is 9.59 Å². The number of carbonyl (C=O) groups excluding carboxylic acids is 1. The van der Waals surface area contributed by atoms with E-state index < -0.39 is 5.63 Å². The first-order valence-electron chi connectivity index (χ1n) is 12.5. The van der Waals surface area contributed by atoms with Gasteiger partial charge in [0.25, 0.3) is 0 Å². The number of hydrogen-bond donors (Lipinski definition) is 0. The van der Waals surface area contributed by atoms with E-state index in [2.05, 4.69) is 15.9 Å². The average Bonchev–Trinajstić information content (AvgIpc) is 3.39. The Balaban J connectivity index is 1.51. The molecule has 0 aliphatic carbocycles. The van der Waals surface area contributed by atoms with Crippen LogP contribution in [0.2, 0.25) is 0 Å². The Morgan fingerprint density at radius 1 is 1.08 bits per heavy atom. The van der Waals surface area contributed by atoms with Crippen molar-refractivity contribution in [2.75, 3.05) is 23.6 Å². The summed E-state index contributed by atoms with van der Waals surface area (Å²) in [6.45, 7) is 2.65. The minimum absolute atomic E-state index is 0.307. The van der Waals surface area contributed by atoms with Crippen LogP contribution in [-0.2, 0) is 4.74 Å². The van der Waals surface area contributed by atoms with Crippen molar-refractivity contribution in [1.82, 2.24) is 0 Å². The topological polar surface area (TPSA) is 81.3 Å². The molecule has 0 fully saturated rings. The number of halogens is 1. The molecule has 3 aromatic carbocycles. The number of esters is 1. The van der Waals surface area contributed by atoms with E-state index in [1.165, 1.54) is 0 Å². The Bertz CT molecular complexity index is 1520. The Morgan fingerprint density at radius 3 is 2.61 bits per heavy atom. The monoisotopic (exact) mass is 574 g/mol. The molecule has 0 saturated heterocycles. The lowest BCUT2D eigenvalue weighted by Crippen LogP contribution is -2.24. The van der Waals surface area contributed by atoms with Crippen molar-refractivity contribution in [3.63, 3.8) is 0 Å². The highest BCUT2D eigenvalue weighted by Gasteiger charge is 2.32. The van der Waals surface area contributed by atoms with E-state index in [-0.39, 0.29) is 12.0 Å².